The first-order valence-corrected chi connectivity index (χ1v) is 9.71. The van der Waals surface area contributed by atoms with Crippen LogP contribution in [-0.2, 0) is 14.3 Å². The van der Waals surface area contributed by atoms with Crippen LogP contribution in [-0.4, -0.2) is 41.1 Å². The van der Waals surface area contributed by atoms with Crippen molar-refractivity contribution in [3.05, 3.63) is 29.8 Å². The van der Waals surface area contributed by atoms with Crippen molar-refractivity contribution < 1.29 is 24.2 Å². The standard InChI is InChI=1S/C21H28N2O5/c1-5-28-16-11-21(19(26)27,20(16,3)4)23-17(24)13-7-6-8-14(10-13)22-18(25)15-9-12(15)2/h6-8,10,12,15-16H,5,9,11H2,1-4H3,(H,22,25)(H,23,24)(H,26,27). The molecule has 4 atom stereocenters. The number of hydrogen-bond acceptors (Lipinski definition) is 4. The molecule has 2 amide bonds. The molecule has 2 fully saturated rings. The van der Waals surface area contributed by atoms with Gasteiger partial charge in [0, 0.05) is 35.6 Å². The van der Waals surface area contributed by atoms with Crippen LogP contribution in [0.15, 0.2) is 24.3 Å². The summed E-state index contributed by atoms with van der Waals surface area (Å²) < 4.78 is 5.62. The molecule has 0 spiro atoms. The van der Waals surface area contributed by atoms with Crippen LogP contribution in [0.5, 0.6) is 0 Å². The van der Waals surface area contributed by atoms with Gasteiger partial charge in [-0.15, -0.1) is 0 Å². The lowest BCUT2D eigenvalue weighted by atomic mass is 9.54. The van der Waals surface area contributed by atoms with Crippen molar-refractivity contribution in [1.82, 2.24) is 5.32 Å². The van der Waals surface area contributed by atoms with Gasteiger partial charge in [-0.05, 0) is 37.5 Å². The van der Waals surface area contributed by atoms with E-state index >= 15 is 0 Å². The largest absolute Gasteiger partial charge is 0.479 e. The number of ether oxygens (including phenoxy) is 1. The molecule has 1 aromatic rings. The molecule has 0 saturated heterocycles. The molecule has 28 heavy (non-hydrogen) atoms. The molecule has 152 valence electrons. The third-order valence-electron chi connectivity index (χ3n) is 6.29. The maximum atomic E-state index is 12.8. The van der Waals surface area contributed by atoms with Crippen LogP contribution in [0.25, 0.3) is 0 Å². The Labute approximate surface area is 164 Å². The van der Waals surface area contributed by atoms with Gasteiger partial charge in [0.05, 0.1) is 6.10 Å². The van der Waals surface area contributed by atoms with Crippen molar-refractivity contribution in [2.75, 3.05) is 11.9 Å². The first kappa shape index (κ1) is 20.3. The lowest BCUT2D eigenvalue weighted by Crippen LogP contribution is -2.76. The first-order valence-electron chi connectivity index (χ1n) is 9.71. The number of anilines is 1. The highest BCUT2D eigenvalue weighted by molar-refractivity contribution is 6.01. The Morgan fingerprint density at radius 1 is 1.29 bits per heavy atom. The fraction of sp³-hybridized carbons (Fsp3) is 0.571. The second-order valence-corrected chi connectivity index (χ2v) is 8.42. The number of aliphatic carboxylic acids is 1. The molecule has 3 N–H and O–H groups in total. The number of amides is 2. The molecule has 2 aliphatic carbocycles. The molecular weight excluding hydrogens is 360 g/mol. The van der Waals surface area contributed by atoms with Crippen molar-refractivity contribution in [3.63, 3.8) is 0 Å². The van der Waals surface area contributed by atoms with E-state index in [1.807, 2.05) is 13.8 Å². The fourth-order valence-corrected chi connectivity index (χ4v) is 3.96. The molecule has 3 rings (SSSR count). The summed E-state index contributed by atoms with van der Waals surface area (Å²) in [5.74, 6) is -1.19. The quantitative estimate of drug-likeness (QED) is 0.666. The molecule has 2 saturated carbocycles. The summed E-state index contributed by atoms with van der Waals surface area (Å²) in [4.78, 5) is 37.0. The van der Waals surface area contributed by atoms with E-state index < -0.39 is 22.8 Å². The van der Waals surface area contributed by atoms with Gasteiger partial charge in [0.1, 0.15) is 5.54 Å². The van der Waals surface area contributed by atoms with Crippen molar-refractivity contribution in [1.29, 1.82) is 0 Å². The highest BCUT2D eigenvalue weighted by Gasteiger charge is 2.66. The van der Waals surface area contributed by atoms with Gasteiger partial charge in [-0.2, -0.15) is 0 Å². The van der Waals surface area contributed by atoms with Gasteiger partial charge in [0.15, 0.2) is 0 Å². The number of carbonyl (C=O) groups is 3. The highest BCUT2D eigenvalue weighted by Crippen LogP contribution is 2.51. The Kier molecular flexibility index (Phi) is 5.23. The van der Waals surface area contributed by atoms with Gasteiger partial charge in [0.2, 0.25) is 5.91 Å². The third-order valence-corrected chi connectivity index (χ3v) is 6.29. The summed E-state index contributed by atoms with van der Waals surface area (Å²) in [6.45, 7) is 7.95. The lowest BCUT2D eigenvalue weighted by molar-refractivity contribution is -0.190. The summed E-state index contributed by atoms with van der Waals surface area (Å²) in [7, 11) is 0. The smallest absolute Gasteiger partial charge is 0.330 e. The summed E-state index contributed by atoms with van der Waals surface area (Å²) in [6, 6.07) is 6.56. The summed E-state index contributed by atoms with van der Waals surface area (Å²) in [5, 5.41) is 15.4. The van der Waals surface area contributed by atoms with E-state index in [4.69, 9.17) is 4.74 Å². The van der Waals surface area contributed by atoms with E-state index in [9.17, 15) is 19.5 Å². The van der Waals surface area contributed by atoms with E-state index in [-0.39, 0.29) is 24.3 Å². The predicted molar refractivity (Wildman–Crippen MR) is 104 cm³/mol. The molecule has 7 heteroatoms. The van der Waals surface area contributed by atoms with Crippen molar-refractivity contribution in [3.8, 4) is 0 Å². The molecule has 7 nitrogen and oxygen atoms in total. The number of benzene rings is 1. The Balaban J connectivity index is 1.74. The maximum absolute atomic E-state index is 12.8. The van der Waals surface area contributed by atoms with E-state index in [0.29, 0.717) is 23.8 Å². The van der Waals surface area contributed by atoms with Crippen LogP contribution < -0.4 is 10.6 Å². The number of nitrogens with one attached hydrogen (secondary N) is 2. The molecule has 4 unspecified atom stereocenters. The Hall–Kier alpha value is -2.41. The van der Waals surface area contributed by atoms with Crippen molar-refractivity contribution >= 4 is 23.5 Å². The number of hydrogen-bond donors (Lipinski definition) is 3. The molecule has 0 radical (unpaired) electrons. The van der Waals surface area contributed by atoms with E-state index in [2.05, 4.69) is 10.6 Å². The number of carboxylic acid groups (broad SMARTS) is 1. The van der Waals surface area contributed by atoms with Crippen LogP contribution in [0.1, 0.15) is 50.9 Å². The SMILES string of the molecule is CCOC1CC(NC(=O)c2cccc(NC(=O)C3CC3C)c2)(C(=O)O)C1(C)C. The van der Waals surface area contributed by atoms with Crippen molar-refractivity contribution in [2.24, 2.45) is 17.3 Å². The van der Waals surface area contributed by atoms with Crippen LogP contribution in [0.2, 0.25) is 0 Å². The molecule has 0 aliphatic heterocycles. The molecule has 1 aromatic carbocycles. The van der Waals surface area contributed by atoms with Gasteiger partial charge in [-0.25, -0.2) is 4.79 Å². The minimum atomic E-state index is -1.40. The fourth-order valence-electron chi connectivity index (χ4n) is 3.96. The third kappa shape index (κ3) is 3.39. The molecule has 0 bridgehead atoms. The van der Waals surface area contributed by atoms with Gasteiger partial charge >= 0.3 is 5.97 Å². The van der Waals surface area contributed by atoms with E-state index in [0.717, 1.165) is 6.42 Å². The van der Waals surface area contributed by atoms with Crippen LogP contribution in [0.3, 0.4) is 0 Å². The maximum Gasteiger partial charge on any atom is 0.330 e. The zero-order valence-electron chi connectivity index (χ0n) is 16.7. The second kappa shape index (κ2) is 7.20. The molecule has 0 heterocycles. The second-order valence-electron chi connectivity index (χ2n) is 8.42. The molecular formula is C21H28N2O5. The minimum absolute atomic E-state index is 0.0269. The van der Waals surface area contributed by atoms with Gasteiger partial charge in [0.25, 0.3) is 5.91 Å². The van der Waals surface area contributed by atoms with E-state index in [1.165, 1.54) is 0 Å². The normalized spacial score (nSPS) is 30.1. The molecule has 0 aromatic heterocycles. The van der Waals surface area contributed by atoms with Crippen LogP contribution >= 0.6 is 0 Å². The predicted octanol–water partition coefficient (Wildman–Crippen LogP) is 2.67. The van der Waals surface area contributed by atoms with Crippen LogP contribution in [0, 0.1) is 17.3 Å². The van der Waals surface area contributed by atoms with Gasteiger partial charge < -0.3 is 20.5 Å². The van der Waals surface area contributed by atoms with Gasteiger partial charge in [-0.3, -0.25) is 9.59 Å². The average Bonchev–Trinajstić information content (AvgIpc) is 3.37. The topological polar surface area (TPSA) is 105 Å². The summed E-state index contributed by atoms with van der Waals surface area (Å²) >= 11 is 0. The summed E-state index contributed by atoms with van der Waals surface area (Å²) in [6.07, 6.45) is 0.855. The number of rotatable bonds is 7. The minimum Gasteiger partial charge on any atom is -0.479 e. The first-order chi connectivity index (χ1) is 13.1. The summed E-state index contributed by atoms with van der Waals surface area (Å²) in [5.41, 5.74) is -1.32. The Morgan fingerprint density at radius 3 is 2.50 bits per heavy atom. The lowest BCUT2D eigenvalue weighted by Gasteiger charge is -2.58. The number of carbonyl (C=O) groups excluding carboxylic acids is 2. The Bertz CT molecular complexity index is 806. The highest BCUT2D eigenvalue weighted by atomic mass is 16.5. The van der Waals surface area contributed by atoms with Crippen LogP contribution in [0.4, 0.5) is 5.69 Å². The molecule has 2 aliphatic rings. The number of carboxylic acids is 1. The average molecular weight is 388 g/mol. The van der Waals surface area contributed by atoms with Crippen molar-refractivity contribution in [2.45, 2.75) is 52.2 Å². The van der Waals surface area contributed by atoms with E-state index in [1.54, 1.807) is 38.1 Å². The van der Waals surface area contributed by atoms with Gasteiger partial charge in [-0.1, -0.05) is 26.8 Å². The zero-order chi connectivity index (χ0) is 20.7. The zero-order valence-corrected chi connectivity index (χ0v) is 16.7. The monoisotopic (exact) mass is 388 g/mol. The Morgan fingerprint density at radius 2 is 1.96 bits per heavy atom.